The number of nitrogens with zero attached hydrogens (tertiary/aromatic N) is 4. The minimum atomic E-state index is -0.531. The smallest absolute Gasteiger partial charge is 0.287 e. The van der Waals surface area contributed by atoms with Gasteiger partial charge in [0.25, 0.3) is 5.56 Å². The zero-order valence-electron chi connectivity index (χ0n) is 9.79. The van der Waals surface area contributed by atoms with Crippen molar-refractivity contribution < 1.29 is 8.94 Å². The second-order valence-electron chi connectivity index (χ2n) is 3.76. The van der Waals surface area contributed by atoms with E-state index in [4.69, 9.17) is 32.1 Å². The van der Waals surface area contributed by atoms with Gasteiger partial charge in [-0.1, -0.05) is 28.4 Å². The van der Waals surface area contributed by atoms with Crippen LogP contribution in [0.5, 0.6) is 0 Å². The van der Waals surface area contributed by atoms with Crippen LogP contribution in [-0.2, 0) is 6.54 Å². The molecule has 3 rings (SSSR count). The van der Waals surface area contributed by atoms with E-state index in [1.807, 2.05) is 0 Å². The summed E-state index contributed by atoms with van der Waals surface area (Å²) in [7, 11) is 0. The lowest BCUT2D eigenvalue weighted by Crippen LogP contribution is -2.23. The molecule has 20 heavy (non-hydrogen) atoms. The summed E-state index contributed by atoms with van der Waals surface area (Å²) >= 11 is 11.4. The Morgan fingerprint density at radius 3 is 2.95 bits per heavy atom. The van der Waals surface area contributed by atoms with Crippen molar-refractivity contribution in [3.63, 3.8) is 0 Å². The van der Waals surface area contributed by atoms with Crippen LogP contribution in [0.15, 0.2) is 38.3 Å². The first-order valence-electron chi connectivity index (χ1n) is 5.43. The van der Waals surface area contributed by atoms with Crippen molar-refractivity contribution in [1.29, 1.82) is 0 Å². The molecule has 3 aromatic heterocycles. The van der Waals surface area contributed by atoms with Crippen molar-refractivity contribution in [1.82, 2.24) is 19.9 Å². The quantitative estimate of drug-likeness (QED) is 0.737. The maximum atomic E-state index is 11.8. The lowest BCUT2D eigenvalue weighted by atomic mass is 10.4. The molecule has 0 atom stereocenters. The molecule has 0 aliphatic rings. The Morgan fingerprint density at radius 2 is 2.20 bits per heavy atom. The average Bonchev–Trinajstić information content (AvgIpc) is 3.10. The minimum absolute atomic E-state index is 0.0105. The van der Waals surface area contributed by atoms with Gasteiger partial charge >= 0.3 is 0 Å². The summed E-state index contributed by atoms with van der Waals surface area (Å²) in [5.41, 5.74) is -0.531. The van der Waals surface area contributed by atoms with Gasteiger partial charge in [-0.25, -0.2) is 4.68 Å². The van der Waals surface area contributed by atoms with Gasteiger partial charge in [0.2, 0.25) is 11.7 Å². The molecular weight excluding hydrogens is 307 g/mol. The molecular formula is C11H6Cl2N4O3. The normalized spacial score (nSPS) is 10.9. The zero-order valence-corrected chi connectivity index (χ0v) is 11.3. The molecule has 7 nitrogen and oxygen atoms in total. The molecule has 0 saturated carbocycles. The lowest BCUT2D eigenvalue weighted by molar-refractivity contribution is 0.362. The Bertz CT molecular complexity index is 794. The van der Waals surface area contributed by atoms with Crippen LogP contribution < -0.4 is 5.56 Å². The summed E-state index contributed by atoms with van der Waals surface area (Å²) in [4.78, 5) is 15.9. The first-order valence-corrected chi connectivity index (χ1v) is 6.18. The van der Waals surface area contributed by atoms with E-state index in [1.54, 1.807) is 12.1 Å². The second-order valence-corrected chi connectivity index (χ2v) is 4.54. The molecule has 102 valence electrons. The van der Waals surface area contributed by atoms with Crippen molar-refractivity contribution in [2.45, 2.75) is 6.54 Å². The second kappa shape index (κ2) is 5.10. The van der Waals surface area contributed by atoms with Gasteiger partial charge in [0.1, 0.15) is 11.6 Å². The van der Waals surface area contributed by atoms with Crippen molar-refractivity contribution in [3.8, 4) is 11.6 Å². The minimum Gasteiger partial charge on any atom is -0.461 e. The highest BCUT2D eigenvalue weighted by Crippen LogP contribution is 2.17. The largest absolute Gasteiger partial charge is 0.461 e. The molecule has 3 aromatic rings. The Hall–Kier alpha value is -2.12. The van der Waals surface area contributed by atoms with Crippen LogP contribution in [0.3, 0.4) is 0 Å². The highest BCUT2D eigenvalue weighted by molar-refractivity contribution is 6.41. The van der Waals surface area contributed by atoms with Gasteiger partial charge in [0.15, 0.2) is 5.76 Å². The molecule has 9 heteroatoms. The molecule has 0 N–H and O–H groups in total. The van der Waals surface area contributed by atoms with E-state index in [2.05, 4.69) is 15.2 Å². The van der Waals surface area contributed by atoms with Crippen molar-refractivity contribution in [2.24, 2.45) is 0 Å². The molecule has 0 aliphatic heterocycles. The van der Waals surface area contributed by atoms with Crippen LogP contribution >= 0.6 is 23.2 Å². The molecule has 0 amide bonds. The molecule has 0 radical (unpaired) electrons. The first kappa shape index (κ1) is 12.9. The lowest BCUT2D eigenvalue weighted by Gasteiger charge is -2.01. The fourth-order valence-electron chi connectivity index (χ4n) is 1.51. The van der Waals surface area contributed by atoms with E-state index in [9.17, 15) is 4.79 Å². The Labute approximate surface area is 121 Å². The van der Waals surface area contributed by atoms with E-state index < -0.39 is 5.56 Å². The number of furan rings is 1. The van der Waals surface area contributed by atoms with Crippen LogP contribution in [0.25, 0.3) is 11.6 Å². The predicted octanol–water partition coefficient (Wildman–Crippen LogP) is 2.24. The van der Waals surface area contributed by atoms with E-state index in [-0.39, 0.29) is 28.3 Å². The average molecular weight is 313 g/mol. The fraction of sp³-hybridized carbons (Fsp3) is 0.0909. The Balaban J connectivity index is 1.89. The number of rotatable bonds is 3. The molecule has 0 saturated heterocycles. The SMILES string of the molecule is O=c1c(Cl)c(Cl)cnn1Cc1nc(-c2ccco2)no1. The molecule has 0 aliphatic carbocycles. The number of hydrogen-bond donors (Lipinski definition) is 0. The zero-order chi connectivity index (χ0) is 14.1. The van der Waals surface area contributed by atoms with Gasteiger partial charge in [-0.2, -0.15) is 10.1 Å². The predicted molar refractivity (Wildman–Crippen MR) is 69.6 cm³/mol. The summed E-state index contributed by atoms with van der Waals surface area (Å²) in [6, 6.07) is 3.40. The molecule has 0 aromatic carbocycles. The first-order chi connectivity index (χ1) is 9.65. The maximum absolute atomic E-state index is 11.8. The van der Waals surface area contributed by atoms with E-state index in [0.717, 1.165) is 4.68 Å². The highest BCUT2D eigenvalue weighted by atomic mass is 35.5. The van der Waals surface area contributed by atoms with Gasteiger partial charge in [-0.05, 0) is 12.1 Å². The number of hydrogen-bond acceptors (Lipinski definition) is 6. The monoisotopic (exact) mass is 312 g/mol. The Kier molecular flexibility index (Phi) is 3.29. The van der Waals surface area contributed by atoms with Crippen LogP contribution in [-0.4, -0.2) is 19.9 Å². The summed E-state index contributed by atoms with van der Waals surface area (Å²) in [5, 5.41) is 7.57. The van der Waals surface area contributed by atoms with Gasteiger partial charge < -0.3 is 8.94 Å². The van der Waals surface area contributed by atoms with Gasteiger partial charge in [-0.15, -0.1) is 0 Å². The van der Waals surface area contributed by atoms with E-state index >= 15 is 0 Å². The van der Waals surface area contributed by atoms with Gasteiger partial charge in [-0.3, -0.25) is 4.79 Å². The van der Waals surface area contributed by atoms with Crippen LogP contribution in [0, 0.1) is 0 Å². The van der Waals surface area contributed by atoms with Crippen molar-refractivity contribution >= 4 is 23.2 Å². The van der Waals surface area contributed by atoms with Gasteiger partial charge in [0, 0.05) is 0 Å². The molecule has 0 unspecified atom stereocenters. The standard InChI is InChI=1S/C11H6Cl2N4O3/c12-6-4-14-17(11(18)9(6)13)5-8-15-10(16-20-8)7-2-1-3-19-7/h1-4H,5H2. The maximum Gasteiger partial charge on any atom is 0.287 e. The van der Waals surface area contributed by atoms with Gasteiger partial charge in [0.05, 0.1) is 17.5 Å². The summed E-state index contributed by atoms with van der Waals surface area (Å²) in [6.07, 6.45) is 2.77. The summed E-state index contributed by atoms with van der Waals surface area (Å²) < 4.78 is 11.2. The molecule has 3 heterocycles. The highest BCUT2D eigenvalue weighted by Gasteiger charge is 2.14. The Morgan fingerprint density at radius 1 is 1.35 bits per heavy atom. The third-order valence-corrected chi connectivity index (χ3v) is 3.19. The number of halogens is 2. The fourth-order valence-corrected chi connectivity index (χ4v) is 1.78. The topological polar surface area (TPSA) is 87.0 Å². The van der Waals surface area contributed by atoms with Crippen LogP contribution in [0.4, 0.5) is 0 Å². The molecule has 0 spiro atoms. The van der Waals surface area contributed by atoms with Crippen molar-refractivity contribution in [2.75, 3.05) is 0 Å². The number of aromatic nitrogens is 4. The third kappa shape index (κ3) is 2.33. The van der Waals surface area contributed by atoms with E-state index in [0.29, 0.717) is 5.76 Å². The van der Waals surface area contributed by atoms with Crippen LogP contribution in [0.1, 0.15) is 5.89 Å². The van der Waals surface area contributed by atoms with Crippen molar-refractivity contribution in [3.05, 3.63) is 50.9 Å². The van der Waals surface area contributed by atoms with Crippen LogP contribution in [0.2, 0.25) is 10.0 Å². The summed E-state index contributed by atoms with van der Waals surface area (Å²) in [6.45, 7) is -0.0105. The third-order valence-electron chi connectivity index (χ3n) is 2.44. The summed E-state index contributed by atoms with van der Waals surface area (Å²) in [5.74, 6) is 0.956. The molecule has 0 fully saturated rings. The van der Waals surface area contributed by atoms with E-state index in [1.165, 1.54) is 12.5 Å². The molecule has 0 bridgehead atoms.